The van der Waals surface area contributed by atoms with Gasteiger partial charge in [0.2, 0.25) is 0 Å². The van der Waals surface area contributed by atoms with E-state index < -0.39 is 5.76 Å². The summed E-state index contributed by atoms with van der Waals surface area (Å²) in [5.41, 5.74) is 3.44. The minimum atomic E-state index is -2.40. The summed E-state index contributed by atoms with van der Waals surface area (Å²) < 4.78 is 29.4. The Morgan fingerprint density at radius 1 is 1.30 bits per heavy atom. The molecule has 1 aromatic heterocycles. The van der Waals surface area contributed by atoms with Crippen LogP contribution in [-0.2, 0) is 5.75 Å². The molecule has 1 N–H and O–H groups in total. The van der Waals surface area contributed by atoms with Crippen molar-refractivity contribution in [3.05, 3.63) is 52.9 Å². The molecule has 3 nitrogen and oxygen atoms in total. The molecule has 1 heterocycles. The number of benzene rings is 1. The van der Waals surface area contributed by atoms with Gasteiger partial charge in [-0.2, -0.15) is 13.9 Å². The van der Waals surface area contributed by atoms with Gasteiger partial charge in [0, 0.05) is 0 Å². The molecule has 0 bridgehead atoms. The van der Waals surface area contributed by atoms with E-state index in [1.165, 1.54) is 6.21 Å². The second-order valence-electron chi connectivity index (χ2n) is 3.73. The molecule has 0 aliphatic heterocycles. The predicted octanol–water partition coefficient (Wildman–Crippen LogP) is 4.83. The number of anilines is 1. The van der Waals surface area contributed by atoms with Crippen molar-refractivity contribution in [3.63, 3.8) is 0 Å². The van der Waals surface area contributed by atoms with Crippen molar-refractivity contribution in [1.29, 1.82) is 0 Å². The Labute approximate surface area is 124 Å². The number of furan rings is 1. The van der Waals surface area contributed by atoms with Gasteiger partial charge in [-0.3, -0.25) is 5.43 Å². The average molecular weight is 317 g/mol. The highest BCUT2D eigenvalue weighted by atomic mass is 35.5. The van der Waals surface area contributed by atoms with Crippen LogP contribution in [0.4, 0.5) is 14.5 Å². The number of halogens is 3. The molecular weight excluding hydrogens is 306 g/mol. The van der Waals surface area contributed by atoms with Crippen LogP contribution in [0.1, 0.15) is 11.5 Å². The summed E-state index contributed by atoms with van der Waals surface area (Å²) in [5.74, 6) is -1.31. The van der Waals surface area contributed by atoms with Gasteiger partial charge in [-0.25, -0.2) is 0 Å². The fourth-order valence-corrected chi connectivity index (χ4v) is 2.03. The van der Waals surface area contributed by atoms with Crippen molar-refractivity contribution in [2.24, 2.45) is 5.10 Å². The number of nitrogens with one attached hydrogen (secondary N) is 1. The summed E-state index contributed by atoms with van der Waals surface area (Å²) >= 11 is 6.46. The van der Waals surface area contributed by atoms with Crippen molar-refractivity contribution in [2.45, 2.75) is 11.5 Å². The topological polar surface area (TPSA) is 37.5 Å². The van der Waals surface area contributed by atoms with Gasteiger partial charge in [0.05, 0.1) is 22.7 Å². The number of hydrogen-bond donors (Lipinski definition) is 1. The molecule has 0 unspecified atom stereocenters. The largest absolute Gasteiger partial charge is 0.459 e. The first-order valence-corrected chi connectivity index (χ1v) is 7.10. The molecule has 7 heteroatoms. The van der Waals surface area contributed by atoms with Crippen LogP contribution in [0.25, 0.3) is 0 Å². The highest BCUT2D eigenvalue weighted by Crippen LogP contribution is 2.21. The molecule has 0 aliphatic carbocycles. The quantitative estimate of drug-likeness (QED) is 0.612. The Balaban J connectivity index is 1.90. The summed E-state index contributed by atoms with van der Waals surface area (Å²) in [6.07, 6.45) is 1.46. The maximum absolute atomic E-state index is 12.0. The number of para-hydroxylation sites is 1. The van der Waals surface area contributed by atoms with Crippen LogP contribution in [0.15, 0.2) is 45.9 Å². The van der Waals surface area contributed by atoms with Crippen LogP contribution in [0.3, 0.4) is 0 Å². The van der Waals surface area contributed by atoms with E-state index in [0.29, 0.717) is 34.0 Å². The summed E-state index contributed by atoms with van der Waals surface area (Å²) in [5, 5.41) is 4.53. The third kappa shape index (κ3) is 4.54. The monoisotopic (exact) mass is 316 g/mol. The fourth-order valence-electron chi connectivity index (χ4n) is 1.40. The van der Waals surface area contributed by atoms with Crippen molar-refractivity contribution in [2.75, 3.05) is 5.43 Å². The highest BCUT2D eigenvalue weighted by Gasteiger charge is 2.06. The Morgan fingerprint density at radius 3 is 2.85 bits per heavy atom. The first kappa shape index (κ1) is 14.9. The van der Waals surface area contributed by atoms with Gasteiger partial charge in [0.25, 0.3) is 5.76 Å². The normalized spacial score (nSPS) is 11.4. The van der Waals surface area contributed by atoms with E-state index in [9.17, 15) is 8.78 Å². The van der Waals surface area contributed by atoms with E-state index in [0.717, 1.165) is 0 Å². The molecule has 2 rings (SSSR count). The number of nitrogens with zero attached hydrogens (tertiary/aromatic N) is 1. The third-order valence-electron chi connectivity index (χ3n) is 2.28. The zero-order valence-corrected chi connectivity index (χ0v) is 11.8. The van der Waals surface area contributed by atoms with Crippen LogP contribution in [0.2, 0.25) is 5.02 Å². The lowest BCUT2D eigenvalue weighted by Crippen LogP contribution is -1.90. The summed E-state index contributed by atoms with van der Waals surface area (Å²) in [4.78, 5) is 0. The van der Waals surface area contributed by atoms with E-state index in [1.807, 2.05) is 12.1 Å². The molecule has 1 aromatic carbocycles. The van der Waals surface area contributed by atoms with Gasteiger partial charge in [-0.1, -0.05) is 35.5 Å². The Morgan fingerprint density at radius 2 is 2.10 bits per heavy atom. The van der Waals surface area contributed by atoms with Crippen molar-refractivity contribution >= 4 is 35.3 Å². The van der Waals surface area contributed by atoms with Crippen molar-refractivity contribution in [3.8, 4) is 0 Å². The lowest BCUT2D eigenvalue weighted by Gasteiger charge is -2.01. The minimum Gasteiger partial charge on any atom is -0.459 e. The molecule has 0 aliphatic rings. The second-order valence-corrected chi connectivity index (χ2v) is 5.11. The molecule has 0 atom stereocenters. The number of hydrogen-bond acceptors (Lipinski definition) is 4. The lowest BCUT2D eigenvalue weighted by molar-refractivity contribution is 0.251. The lowest BCUT2D eigenvalue weighted by atomic mass is 10.3. The first-order chi connectivity index (χ1) is 9.65. The number of hydrazone groups is 1. The van der Waals surface area contributed by atoms with E-state index in [1.54, 1.807) is 24.3 Å². The average Bonchev–Trinajstić information content (AvgIpc) is 2.87. The van der Waals surface area contributed by atoms with Crippen LogP contribution in [-0.4, -0.2) is 12.0 Å². The zero-order valence-electron chi connectivity index (χ0n) is 10.2. The van der Waals surface area contributed by atoms with Crippen LogP contribution in [0, 0.1) is 0 Å². The van der Waals surface area contributed by atoms with Gasteiger partial charge in [-0.05, 0) is 24.3 Å². The Bertz CT molecular complexity index is 589. The molecule has 0 fully saturated rings. The molecule has 2 aromatic rings. The zero-order chi connectivity index (χ0) is 14.4. The molecule has 0 saturated carbocycles. The molecule has 0 amide bonds. The number of rotatable bonds is 6. The van der Waals surface area contributed by atoms with Crippen molar-refractivity contribution < 1.29 is 13.2 Å². The highest BCUT2D eigenvalue weighted by molar-refractivity contribution is 7.98. The standard InChI is InChI=1S/C13H11ClF2N2OS/c14-11-3-1-2-4-12(11)18-17-7-9-5-6-10(19-9)8-20-13(15)16/h1-7,13,18H,8H2/b17-7-. The molecule has 20 heavy (non-hydrogen) atoms. The van der Waals surface area contributed by atoms with Crippen LogP contribution < -0.4 is 5.43 Å². The van der Waals surface area contributed by atoms with Gasteiger partial charge < -0.3 is 4.42 Å². The first-order valence-electron chi connectivity index (χ1n) is 5.67. The Kier molecular flexibility index (Phi) is 5.43. The summed E-state index contributed by atoms with van der Waals surface area (Å²) in [7, 11) is 0. The fraction of sp³-hybridized carbons (Fsp3) is 0.154. The van der Waals surface area contributed by atoms with Crippen LogP contribution >= 0.6 is 23.4 Å². The van der Waals surface area contributed by atoms with Gasteiger partial charge in [0.1, 0.15) is 11.5 Å². The van der Waals surface area contributed by atoms with E-state index in [2.05, 4.69) is 10.5 Å². The smallest absolute Gasteiger partial charge is 0.284 e. The number of thioether (sulfide) groups is 1. The summed E-state index contributed by atoms with van der Waals surface area (Å²) in [6, 6.07) is 10.5. The van der Waals surface area contributed by atoms with E-state index >= 15 is 0 Å². The van der Waals surface area contributed by atoms with Gasteiger partial charge in [0.15, 0.2) is 0 Å². The predicted molar refractivity (Wildman–Crippen MR) is 78.7 cm³/mol. The molecule has 106 valence electrons. The second kappa shape index (κ2) is 7.31. The molecule has 0 spiro atoms. The van der Waals surface area contributed by atoms with Gasteiger partial charge >= 0.3 is 0 Å². The van der Waals surface area contributed by atoms with Crippen molar-refractivity contribution in [1.82, 2.24) is 0 Å². The maximum Gasteiger partial charge on any atom is 0.284 e. The molecular formula is C13H11ClF2N2OS. The maximum atomic E-state index is 12.0. The van der Waals surface area contributed by atoms with Gasteiger partial charge in [-0.15, -0.1) is 0 Å². The Hall–Kier alpha value is -1.53. The minimum absolute atomic E-state index is 0.128. The third-order valence-corrected chi connectivity index (χ3v) is 3.32. The van der Waals surface area contributed by atoms with E-state index in [-0.39, 0.29) is 5.75 Å². The molecule has 0 saturated heterocycles. The van der Waals surface area contributed by atoms with Crippen LogP contribution in [0.5, 0.6) is 0 Å². The summed E-state index contributed by atoms with van der Waals surface area (Å²) in [6.45, 7) is 0. The number of alkyl halides is 2. The SMILES string of the molecule is FC(F)SCc1ccc(/C=N\Nc2ccccc2Cl)o1. The van der Waals surface area contributed by atoms with E-state index in [4.69, 9.17) is 16.0 Å². The molecule has 0 radical (unpaired) electrons.